The molecule has 0 radical (unpaired) electrons. The Morgan fingerprint density at radius 2 is 1.33 bits per heavy atom. The molecule has 0 saturated heterocycles. The van der Waals surface area contributed by atoms with Crippen molar-refractivity contribution >= 4 is 57.7 Å². The van der Waals surface area contributed by atoms with E-state index in [1.165, 1.54) is 16.7 Å². The van der Waals surface area contributed by atoms with E-state index < -0.39 is 13.4 Å². The maximum atomic E-state index is 6.83. The van der Waals surface area contributed by atoms with Crippen molar-refractivity contribution in [1.29, 1.82) is 0 Å². The summed E-state index contributed by atoms with van der Waals surface area (Å²) >= 11 is 26.7. The lowest BCUT2D eigenvalue weighted by molar-refractivity contribution is 0.668. The minimum Gasteiger partial charge on any atom is -0.146 e. The summed E-state index contributed by atoms with van der Waals surface area (Å²) < 4.78 is 0. The molecule has 2 aromatic carbocycles. The fraction of sp³-hybridized carbons (Fsp3) is 0.333. The predicted octanol–water partition coefficient (Wildman–Crippen LogP) is 7.39. The van der Waals surface area contributed by atoms with Crippen LogP contribution >= 0.6 is 44.3 Å². The second kappa shape index (κ2) is 6.98. The second-order valence-corrected chi connectivity index (χ2v) is 22.9. The summed E-state index contributed by atoms with van der Waals surface area (Å²) in [6.07, 6.45) is 0. The third-order valence-corrected chi connectivity index (χ3v) is 10.3. The zero-order chi connectivity index (χ0) is 17.5. The van der Waals surface area contributed by atoms with Gasteiger partial charge in [0.15, 0.2) is 0 Å². The van der Waals surface area contributed by atoms with E-state index >= 15 is 0 Å². The SMILES string of the molecule is C[Si](Cl)(Cl)C[C@@H]1c2ccccc2[C@@H](c2ccccc2)[C@@H]1[Si](C)(Cl)Cl. The number of hydrogen-bond acceptors (Lipinski definition) is 0. The molecule has 0 fully saturated rings. The lowest BCUT2D eigenvalue weighted by Crippen LogP contribution is -2.31. The molecule has 24 heavy (non-hydrogen) atoms. The van der Waals surface area contributed by atoms with Gasteiger partial charge in [-0.15, -0.1) is 44.3 Å². The Morgan fingerprint density at radius 1 is 0.792 bits per heavy atom. The molecule has 0 aromatic heterocycles. The Labute approximate surface area is 164 Å². The van der Waals surface area contributed by atoms with Gasteiger partial charge in [0, 0.05) is 5.92 Å². The van der Waals surface area contributed by atoms with Crippen molar-refractivity contribution in [3.8, 4) is 0 Å². The second-order valence-electron chi connectivity index (χ2n) is 6.88. The fourth-order valence-electron chi connectivity index (χ4n) is 4.07. The highest BCUT2D eigenvalue weighted by Crippen LogP contribution is 2.61. The van der Waals surface area contributed by atoms with Gasteiger partial charge < -0.3 is 0 Å². The van der Waals surface area contributed by atoms with Crippen LogP contribution in [-0.2, 0) is 0 Å². The highest BCUT2D eigenvalue weighted by atomic mass is 35.7. The summed E-state index contributed by atoms with van der Waals surface area (Å²) in [5, 5.41) is 0. The van der Waals surface area contributed by atoms with E-state index in [2.05, 4.69) is 48.5 Å². The molecule has 1 aliphatic carbocycles. The monoisotopic (exact) mass is 432 g/mol. The van der Waals surface area contributed by atoms with Gasteiger partial charge in [-0.2, -0.15) is 0 Å². The smallest absolute Gasteiger partial charge is 0.146 e. The van der Waals surface area contributed by atoms with Crippen LogP contribution in [0.2, 0.25) is 24.7 Å². The van der Waals surface area contributed by atoms with Gasteiger partial charge in [0.05, 0.1) is 0 Å². The lowest BCUT2D eigenvalue weighted by Gasteiger charge is -2.33. The molecule has 0 N–H and O–H groups in total. The van der Waals surface area contributed by atoms with Gasteiger partial charge >= 0.3 is 0 Å². The van der Waals surface area contributed by atoms with Crippen LogP contribution in [0.15, 0.2) is 54.6 Å². The standard InChI is InChI=1S/C18H20Cl4Si2/c1-23(19,20)12-16-14-10-6-7-11-15(14)17(18(16)24(2,21)22)13-8-4-3-5-9-13/h3-11,16-18H,12H2,1-2H3/t16-,17-,18-/m1/s1. The minimum absolute atomic E-state index is 0.171. The molecule has 0 heterocycles. The summed E-state index contributed by atoms with van der Waals surface area (Å²) in [4.78, 5) is 0. The van der Waals surface area contributed by atoms with Gasteiger partial charge in [0.25, 0.3) is 6.69 Å². The number of benzene rings is 2. The molecule has 0 bridgehead atoms. The van der Waals surface area contributed by atoms with Crippen molar-refractivity contribution < 1.29 is 0 Å². The van der Waals surface area contributed by atoms with E-state index in [1.807, 2.05) is 19.2 Å². The zero-order valence-corrected chi connectivity index (χ0v) is 18.7. The van der Waals surface area contributed by atoms with Gasteiger partial charge in [0.2, 0.25) is 6.69 Å². The molecule has 0 aliphatic heterocycles. The Hall–Kier alpha value is 0.0338. The third-order valence-electron chi connectivity index (χ3n) is 4.85. The third kappa shape index (κ3) is 3.89. The van der Waals surface area contributed by atoms with Crippen molar-refractivity contribution in [2.75, 3.05) is 0 Å². The largest absolute Gasteiger partial charge is 0.252 e. The number of hydrogen-bond donors (Lipinski definition) is 0. The Kier molecular flexibility index (Phi) is 5.47. The molecule has 0 amide bonds. The molecule has 128 valence electrons. The van der Waals surface area contributed by atoms with E-state index in [0.29, 0.717) is 0 Å². The van der Waals surface area contributed by atoms with Crippen molar-refractivity contribution in [3.05, 3.63) is 71.3 Å². The summed E-state index contributed by atoms with van der Waals surface area (Å²) in [5.74, 6) is 0.438. The van der Waals surface area contributed by atoms with E-state index in [4.69, 9.17) is 44.3 Å². The highest BCUT2D eigenvalue weighted by molar-refractivity contribution is 7.46. The molecular weight excluding hydrogens is 414 g/mol. The van der Waals surface area contributed by atoms with Gasteiger partial charge in [-0.25, -0.2) is 0 Å². The van der Waals surface area contributed by atoms with Gasteiger partial charge in [-0.05, 0) is 47.3 Å². The van der Waals surface area contributed by atoms with Crippen LogP contribution in [0, 0.1) is 0 Å². The van der Waals surface area contributed by atoms with Crippen LogP contribution in [0.3, 0.4) is 0 Å². The first-order valence-electron chi connectivity index (χ1n) is 8.08. The normalized spacial score (nSPS) is 24.0. The van der Waals surface area contributed by atoms with Crippen LogP contribution in [0.1, 0.15) is 28.5 Å². The molecular formula is C18H20Cl4Si2. The van der Waals surface area contributed by atoms with Gasteiger partial charge in [0.1, 0.15) is 0 Å². The first-order valence-corrected chi connectivity index (χ1v) is 17.4. The van der Waals surface area contributed by atoms with Crippen molar-refractivity contribution in [3.63, 3.8) is 0 Å². The summed E-state index contributed by atoms with van der Waals surface area (Å²) in [6, 6.07) is 19.9. The number of fused-ring (bicyclic) bond motifs is 1. The van der Waals surface area contributed by atoms with Crippen LogP contribution in [0.5, 0.6) is 0 Å². The van der Waals surface area contributed by atoms with Crippen molar-refractivity contribution in [2.24, 2.45) is 0 Å². The van der Waals surface area contributed by atoms with Crippen molar-refractivity contribution in [2.45, 2.75) is 36.5 Å². The van der Waals surface area contributed by atoms with Gasteiger partial charge in [-0.3, -0.25) is 0 Å². The molecule has 0 unspecified atom stereocenters. The summed E-state index contributed by atoms with van der Waals surface area (Å²) in [5.41, 5.74) is 4.08. The molecule has 1 aliphatic rings. The Balaban J connectivity index is 2.16. The molecule has 0 nitrogen and oxygen atoms in total. The highest BCUT2D eigenvalue weighted by Gasteiger charge is 2.52. The van der Waals surface area contributed by atoms with Gasteiger partial charge in [-0.1, -0.05) is 54.6 Å². The van der Waals surface area contributed by atoms with Crippen LogP contribution in [-0.4, -0.2) is 13.4 Å². The summed E-state index contributed by atoms with van der Waals surface area (Å²) in [6.45, 7) is -0.770. The number of halogens is 4. The van der Waals surface area contributed by atoms with Crippen LogP contribution < -0.4 is 0 Å². The fourth-order valence-corrected chi connectivity index (χ4v) is 10.2. The van der Waals surface area contributed by atoms with E-state index in [0.717, 1.165) is 6.04 Å². The average molecular weight is 434 g/mol. The molecule has 0 saturated carbocycles. The molecule has 2 aromatic rings. The first kappa shape index (κ1) is 18.8. The first-order chi connectivity index (χ1) is 11.2. The maximum absolute atomic E-state index is 6.83. The lowest BCUT2D eigenvalue weighted by atomic mass is 9.92. The van der Waals surface area contributed by atoms with E-state index in [9.17, 15) is 0 Å². The summed E-state index contributed by atoms with van der Waals surface area (Å²) in [7, 11) is 0. The minimum atomic E-state index is -2.48. The number of rotatable bonds is 4. The van der Waals surface area contributed by atoms with Crippen LogP contribution in [0.25, 0.3) is 0 Å². The Bertz CT molecular complexity index is 707. The van der Waals surface area contributed by atoms with E-state index in [-0.39, 0.29) is 17.4 Å². The van der Waals surface area contributed by atoms with Crippen molar-refractivity contribution in [1.82, 2.24) is 0 Å². The maximum Gasteiger partial charge on any atom is 0.252 e. The van der Waals surface area contributed by atoms with Crippen LogP contribution in [0.4, 0.5) is 0 Å². The van der Waals surface area contributed by atoms with E-state index in [1.54, 1.807) is 0 Å². The molecule has 0 spiro atoms. The molecule has 3 rings (SSSR count). The topological polar surface area (TPSA) is 0 Å². The zero-order valence-electron chi connectivity index (χ0n) is 13.6. The quantitative estimate of drug-likeness (QED) is 0.348. The Morgan fingerprint density at radius 3 is 1.88 bits per heavy atom. The predicted molar refractivity (Wildman–Crippen MR) is 113 cm³/mol. The molecule has 6 heteroatoms. The average Bonchev–Trinajstić information content (AvgIpc) is 2.81. The molecule has 3 atom stereocenters.